The summed E-state index contributed by atoms with van der Waals surface area (Å²) in [6.07, 6.45) is 1.48. The van der Waals surface area contributed by atoms with E-state index in [4.69, 9.17) is 21.1 Å². The predicted octanol–water partition coefficient (Wildman–Crippen LogP) is 5.39. The fourth-order valence-corrected chi connectivity index (χ4v) is 3.03. The highest BCUT2D eigenvalue weighted by Crippen LogP contribution is 2.24. The van der Waals surface area contributed by atoms with Crippen LogP contribution in [0.1, 0.15) is 42.3 Å². The van der Waals surface area contributed by atoms with Crippen LogP contribution >= 0.6 is 11.6 Å². The Balaban J connectivity index is 1.45. The average Bonchev–Trinajstić information content (AvgIpc) is 2.79. The van der Waals surface area contributed by atoms with Gasteiger partial charge in [0.25, 0.3) is 5.91 Å². The van der Waals surface area contributed by atoms with Crippen LogP contribution in [-0.4, -0.2) is 24.7 Å². The van der Waals surface area contributed by atoms with Crippen molar-refractivity contribution in [2.75, 3.05) is 6.61 Å². The molecule has 1 N–H and O–H groups in total. The Labute approximate surface area is 198 Å². The van der Waals surface area contributed by atoms with Gasteiger partial charge >= 0.3 is 5.97 Å². The zero-order valence-electron chi connectivity index (χ0n) is 18.7. The van der Waals surface area contributed by atoms with Crippen LogP contribution in [0.2, 0.25) is 5.02 Å². The standard InChI is InChI=1S/C26H25ClN2O4/c1-26(2,3)19-10-14-20(15-11-19)32-17-24(30)29-28-16-18-8-12-21(13-9-18)33-25(31)22-6-4-5-7-23(22)27/h4-16H,17H2,1-3H3,(H,29,30). The second-order valence-corrected chi connectivity index (χ2v) is 8.70. The molecule has 0 saturated carbocycles. The normalized spacial score (nSPS) is 11.3. The molecule has 1 amide bonds. The zero-order chi connectivity index (χ0) is 23.8. The first-order chi connectivity index (χ1) is 15.7. The predicted molar refractivity (Wildman–Crippen MR) is 129 cm³/mol. The summed E-state index contributed by atoms with van der Waals surface area (Å²) in [5, 5.41) is 4.25. The fraction of sp³-hybridized carbons (Fsp3) is 0.192. The number of halogens is 1. The molecule has 0 aliphatic heterocycles. The lowest BCUT2D eigenvalue weighted by atomic mass is 9.87. The minimum atomic E-state index is -0.540. The third-order valence-electron chi connectivity index (χ3n) is 4.68. The number of amides is 1. The third kappa shape index (κ3) is 7.19. The van der Waals surface area contributed by atoms with E-state index in [9.17, 15) is 9.59 Å². The molecule has 3 aromatic rings. The number of rotatable bonds is 7. The molecule has 6 nitrogen and oxygen atoms in total. The smallest absolute Gasteiger partial charge is 0.345 e. The number of nitrogens with zero attached hydrogens (tertiary/aromatic N) is 1. The van der Waals surface area contributed by atoms with Gasteiger partial charge in [0.2, 0.25) is 0 Å². The summed E-state index contributed by atoms with van der Waals surface area (Å²) >= 11 is 6.01. The summed E-state index contributed by atoms with van der Waals surface area (Å²) in [5.74, 6) is 0.0646. The molecule has 3 rings (SSSR count). The summed E-state index contributed by atoms with van der Waals surface area (Å²) in [7, 11) is 0. The molecule has 0 fully saturated rings. The van der Waals surface area contributed by atoms with Crippen LogP contribution in [-0.2, 0) is 10.2 Å². The summed E-state index contributed by atoms with van der Waals surface area (Å²) in [6, 6.07) is 21.0. The van der Waals surface area contributed by atoms with E-state index in [2.05, 4.69) is 31.3 Å². The Hall–Kier alpha value is -3.64. The number of hydrazone groups is 1. The second-order valence-electron chi connectivity index (χ2n) is 8.29. The minimum Gasteiger partial charge on any atom is -0.484 e. The van der Waals surface area contributed by atoms with E-state index in [0.29, 0.717) is 27.6 Å². The molecular weight excluding hydrogens is 440 g/mol. The van der Waals surface area contributed by atoms with Gasteiger partial charge in [-0.3, -0.25) is 4.79 Å². The molecule has 0 saturated heterocycles. The lowest BCUT2D eigenvalue weighted by molar-refractivity contribution is -0.123. The molecule has 0 aliphatic carbocycles. The number of carbonyl (C=O) groups is 2. The molecule has 0 atom stereocenters. The Morgan fingerprint density at radius 3 is 2.21 bits per heavy atom. The Kier molecular flexibility index (Phi) is 7.85. The lowest BCUT2D eigenvalue weighted by Crippen LogP contribution is -2.24. The van der Waals surface area contributed by atoms with Crippen LogP contribution < -0.4 is 14.9 Å². The molecule has 0 bridgehead atoms. The quantitative estimate of drug-likeness (QED) is 0.220. The van der Waals surface area contributed by atoms with Crippen LogP contribution in [0.3, 0.4) is 0 Å². The van der Waals surface area contributed by atoms with Gasteiger partial charge in [-0.05, 0) is 65.1 Å². The number of benzene rings is 3. The molecule has 0 spiro atoms. The molecule has 0 unspecified atom stereocenters. The number of carbonyl (C=O) groups excluding carboxylic acids is 2. The van der Waals surface area contributed by atoms with Gasteiger partial charge in [-0.2, -0.15) is 5.10 Å². The summed E-state index contributed by atoms with van der Waals surface area (Å²) in [5.41, 5.74) is 4.67. The van der Waals surface area contributed by atoms with E-state index >= 15 is 0 Å². The van der Waals surface area contributed by atoms with Crippen molar-refractivity contribution >= 4 is 29.7 Å². The molecule has 0 radical (unpaired) electrons. The van der Waals surface area contributed by atoms with Gasteiger partial charge in [0.1, 0.15) is 11.5 Å². The maximum Gasteiger partial charge on any atom is 0.345 e. The lowest BCUT2D eigenvalue weighted by Gasteiger charge is -2.19. The van der Waals surface area contributed by atoms with Crippen LogP contribution in [0.25, 0.3) is 0 Å². The van der Waals surface area contributed by atoms with E-state index in [1.54, 1.807) is 48.5 Å². The van der Waals surface area contributed by atoms with E-state index in [1.165, 1.54) is 11.8 Å². The number of hydrogen-bond acceptors (Lipinski definition) is 5. The second kappa shape index (κ2) is 10.8. The first-order valence-electron chi connectivity index (χ1n) is 10.3. The van der Waals surface area contributed by atoms with Crippen LogP contribution in [0, 0.1) is 0 Å². The number of esters is 1. The SMILES string of the molecule is CC(C)(C)c1ccc(OCC(=O)NN=Cc2ccc(OC(=O)c3ccccc3Cl)cc2)cc1. The van der Waals surface area contributed by atoms with Crippen LogP contribution in [0.15, 0.2) is 77.9 Å². The van der Waals surface area contributed by atoms with Gasteiger partial charge in [-0.1, -0.05) is 56.6 Å². The average molecular weight is 465 g/mol. The van der Waals surface area contributed by atoms with E-state index in [0.717, 1.165) is 0 Å². The van der Waals surface area contributed by atoms with E-state index < -0.39 is 5.97 Å². The maximum atomic E-state index is 12.2. The molecular formula is C26H25ClN2O4. The Morgan fingerprint density at radius 2 is 1.58 bits per heavy atom. The van der Waals surface area contributed by atoms with Crippen LogP contribution in [0.4, 0.5) is 0 Å². The number of ether oxygens (including phenoxy) is 2. The van der Waals surface area contributed by atoms with Crippen molar-refractivity contribution in [2.45, 2.75) is 26.2 Å². The monoisotopic (exact) mass is 464 g/mol. The first kappa shape index (κ1) is 24.0. The van der Waals surface area contributed by atoms with E-state index in [1.807, 2.05) is 24.3 Å². The summed E-state index contributed by atoms with van der Waals surface area (Å²) < 4.78 is 10.8. The zero-order valence-corrected chi connectivity index (χ0v) is 19.4. The third-order valence-corrected chi connectivity index (χ3v) is 5.01. The highest BCUT2D eigenvalue weighted by atomic mass is 35.5. The van der Waals surface area contributed by atoms with Crippen molar-refractivity contribution in [3.8, 4) is 11.5 Å². The largest absolute Gasteiger partial charge is 0.484 e. The van der Waals surface area contributed by atoms with Crippen LogP contribution in [0.5, 0.6) is 11.5 Å². The Bertz CT molecular complexity index is 1130. The molecule has 0 heterocycles. The molecule has 0 aliphatic rings. The Morgan fingerprint density at radius 1 is 0.939 bits per heavy atom. The molecule has 7 heteroatoms. The number of nitrogens with one attached hydrogen (secondary N) is 1. The van der Waals surface area contributed by atoms with Gasteiger partial charge in [0.05, 0.1) is 16.8 Å². The van der Waals surface area contributed by atoms with Crippen molar-refractivity contribution in [2.24, 2.45) is 5.10 Å². The topological polar surface area (TPSA) is 77.0 Å². The highest BCUT2D eigenvalue weighted by Gasteiger charge is 2.13. The van der Waals surface area contributed by atoms with Crippen molar-refractivity contribution in [3.63, 3.8) is 0 Å². The minimum absolute atomic E-state index is 0.0556. The summed E-state index contributed by atoms with van der Waals surface area (Å²) in [4.78, 5) is 24.2. The molecule has 0 aromatic heterocycles. The van der Waals surface area contributed by atoms with Gasteiger partial charge in [-0.25, -0.2) is 10.2 Å². The molecule has 33 heavy (non-hydrogen) atoms. The first-order valence-corrected chi connectivity index (χ1v) is 10.7. The van der Waals surface area contributed by atoms with Crippen molar-refractivity contribution in [3.05, 3.63) is 94.5 Å². The van der Waals surface area contributed by atoms with E-state index in [-0.39, 0.29) is 17.9 Å². The van der Waals surface area contributed by atoms with Crippen molar-refractivity contribution in [1.82, 2.24) is 5.43 Å². The van der Waals surface area contributed by atoms with Crippen molar-refractivity contribution in [1.29, 1.82) is 0 Å². The molecule has 170 valence electrons. The van der Waals surface area contributed by atoms with Gasteiger partial charge in [0.15, 0.2) is 6.61 Å². The number of hydrogen-bond donors (Lipinski definition) is 1. The van der Waals surface area contributed by atoms with Gasteiger partial charge in [0, 0.05) is 0 Å². The van der Waals surface area contributed by atoms with Crippen molar-refractivity contribution < 1.29 is 19.1 Å². The van der Waals surface area contributed by atoms with Gasteiger partial charge in [-0.15, -0.1) is 0 Å². The van der Waals surface area contributed by atoms with Gasteiger partial charge < -0.3 is 9.47 Å². The molecule has 3 aromatic carbocycles. The summed E-state index contributed by atoms with van der Waals surface area (Å²) in [6.45, 7) is 6.25. The fourth-order valence-electron chi connectivity index (χ4n) is 2.82. The maximum absolute atomic E-state index is 12.2. The highest BCUT2D eigenvalue weighted by molar-refractivity contribution is 6.33.